The summed E-state index contributed by atoms with van der Waals surface area (Å²) in [7, 11) is 0. The smallest absolute Gasteiger partial charge is 0.309 e. The van der Waals surface area contributed by atoms with E-state index in [4.69, 9.17) is 14.6 Å². The lowest BCUT2D eigenvalue weighted by molar-refractivity contribution is -0.144. The summed E-state index contributed by atoms with van der Waals surface area (Å²) in [4.78, 5) is 20.8. The number of hydrogen-bond acceptors (Lipinski definition) is 3. The van der Waals surface area contributed by atoms with Crippen molar-refractivity contribution in [3.63, 3.8) is 0 Å². The number of halogens is 1. The summed E-state index contributed by atoms with van der Waals surface area (Å²) >= 11 is 0. The van der Waals surface area contributed by atoms with Crippen LogP contribution in [0.3, 0.4) is 0 Å². The SMILES string of the molecule is C=C\C(=C/C=C(C)/C=C/C1C2C(C[C@H]3CCCC[C@@H]13)C(=O)O[C@@H]2C)c1cccc(F)c1.CC.O=CO. The highest BCUT2D eigenvalue weighted by molar-refractivity contribution is 5.76. The van der Waals surface area contributed by atoms with Crippen LogP contribution >= 0.6 is 0 Å². The van der Waals surface area contributed by atoms with Crippen molar-refractivity contribution in [2.24, 2.45) is 29.6 Å². The summed E-state index contributed by atoms with van der Waals surface area (Å²) in [5.74, 6) is 1.81. The van der Waals surface area contributed by atoms with Crippen LogP contribution in [-0.4, -0.2) is 23.7 Å². The molecular formula is C31H41FO4. The fourth-order valence-electron chi connectivity index (χ4n) is 6.08. The first-order valence-electron chi connectivity index (χ1n) is 13.1. The van der Waals surface area contributed by atoms with Crippen LogP contribution in [-0.2, 0) is 14.3 Å². The predicted octanol–water partition coefficient (Wildman–Crippen LogP) is 7.63. The summed E-state index contributed by atoms with van der Waals surface area (Å²) in [5.41, 5.74) is 2.84. The average molecular weight is 497 g/mol. The van der Waals surface area contributed by atoms with Crippen LogP contribution in [0, 0.1) is 35.4 Å². The summed E-state index contributed by atoms with van der Waals surface area (Å²) in [6.45, 7) is 11.8. The number of carbonyl (C=O) groups excluding carboxylic acids is 1. The molecule has 1 N–H and O–H groups in total. The van der Waals surface area contributed by atoms with Crippen molar-refractivity contribution < 1.29 is 23.8 Å². The van der Waals surface area contributed by atoms with Crippen molar-refractivity contribution in [3.8, 4) is 0 Å². The van der Waals surface area contributed by atoms with Gasteiger partial charge in [0.25, 0.3) is 6.47 Å². The monoisotopic (exact) mass is 496 g/mol. The number of hydrogen-bond donors (Lipinski definition) is 1. The molecule has 2 saturated carbocycles. The van der Waals surface area contributed by atoms with E-state index in [1.54, 1.807) is 12.1 Å². The number of ether oxygens (including phenoxy) is 1. The molecule has 6 atom stereocenters. The van der Waals surface area contributed by atoms with Gasteiger partial charge in [-0.2, -0.15) is 0 Å². The Morgan fingerprint density at radius 1 is 1.19 bits per heavy atom. The lowest BCUT2D eigenvalue weighted by Crippen LogP contribution is -2.42. The number of rotatable bonds is 5. The van der Waals surface area contributed by atoms with Gasteiger partial charge in [0.1, 0.15) is 11.9 Å². The number of esters is 1. The maximum absolute atomic E-state index is 13.6. The normalized spacial score (nSPS) is 29.5. The Kier molecular flexibility index (Phi) is 11.9. The molecule has 3 aliphatic rings. The van der Waals surface area contributed by atoms with E-state index in [0.717, 1.165) is 23.1 Å². The molecule has 3 fully saturated rings. The van der Waals surface area contributed by atoms with E-state index in [9.17, 15) is 9.18 Å². The van der Waals surface area contributed by atoms with Crippen molar-refractivity contribution in [2.45, 2.75) is 65.9 Å². The van der Waals surface area contributed by atoms with E-state index >= 15 is 0 Å². The van der Waals surface area contributed by atoms with Gasteiger partial charge in [0.2, 0.25) is 0 Å². The lowest BCUT2D eigenvalue weighted by atomic mass is 9.57. The van der Waals surface area contributed by atoms with Gasteiger partial charge < -0.3 is 9.84 Å². The minimum Gasteiger partial charge on any atom is -0.483 e. The lowest BCUT2D eigenvalue weighted by Gasteiger charge is -2.45. The van der Waals surface area contributed by atoms with E-state index in [-0.39, 0.29) is 30.3 Å². The van der Waals surface area contributed by atoms with E-state index in [1.165, 1.54) is 37.8 Å². The number of carboxylic acid groups (broad SMARTS) is 1. The van der Waals surface area contributed by atoms with Crippen LogP contribution in [0.25, 0.3) is 5.57 Å². The molecule has 1 aromatic carbocycles. The van der Waals surface area contributed by atoms with Gasteiger partial charge in [0.05, 0.1) is 5.92 Å². The molecule has 3 unspecified atom stereocenters. The van der Waals surface area contributed by atoms with Gasteiger partial charge in [-0.3, -0.25) is 9.59 Å². The Bertz CT molecular complexity index is 977. The number of benzene rings is 1. The molecule has 36 heavy (non-hydrogen) atoms. The first kappa shape index (κ1) is 29.3. The molecule has 4 nitrogen and oxygen atoms in total. The maximum Gasteiger partial charge on any atom is 0.309 e. The molecule has 0 amide bonds. The summed E-state index contributed by atoms with van der Waals surface area (Å²) in [5, 5.41) is 6.89. The second-order valence-electron chi connectivity index (χ2n) is 9.56. The zero-order chi connectivity index (χ0) is 26.7. The van der Waals surface area contributed by atoms with Crippen LogP contribution in [0.5, 0.6) is 0 Å². The third-order valence-electron chi connectivity index (χ3n) is 7.56. The first-order chi connectivity index (χ1) is 17.4. The Balaban J connectivity index is 0.000000850. The van der Waals surface area contributed by atoms with Gasteiger partial charge in [-0.05, 0) is 67.7 Å². The quantitative estimate of drug-likeness (QED) is 0.259. The van der Waals surface area contributed by atoms with Crippen LogP contribution in [0.4, 0.5) is 4.39 Å². The van der Waals surface area contributed by atoms with E-state index in [1.807, 2.05) is 26.0 Å². The molecule has 0 spiro atoms. The molecule has 1 heterocycles. The van der Waals surface area contributed by atoms with Crippen molar-refractivity contribution >= 4 is 18.0 Å². The zero-order valence-electron chi connectivity index (χ0n) is 22.0. The molecule has 1 aromatic rings. The Labute approximate surface area is 215 Å². The molecule has 5 heteroatoms. The van der Waals surface area contributed by atoms with Gasteiger partial charge in [0, 0.05) is 5.92 Å². The molecular weight excluding hydrogens is 455 g/mol. The fraction of sp³-hybridized carbons (Fsp3) is 0.484. The van der Waals surface area contributed by atoms with Crippen LogP contribution in [0.15, 0.2) is 66.8 Å². The van der Waals surface area contributed by atoms with Crippen molar-refractivity contribution in [3.05, 3.63) is 78.2 Å². The molecule has 0 bridgehead atoms. The standard InChI is InChI=1S/C28H33FO2.C2H6.CH2O2/c1-4-20(21-9-7-10-23(29)16-21)14-12-18(2)13-15-25-24-11-6-5-8-22(24)17-26-27(25)19(3)31-28(26)30;1-2;2-1-3/h4,7,9-10,12-16,19,22,24-27H,1,5-6,8,11,17H2,2-3H3;1-2H3;1H,(H,2,3)/b15-13+,18-12+,20-14+;;/t19-,22-,24-,25?,26?,27?;;/m1../s1. The molecule has 196 valence electrons. The third kappa shape index (κ3) is 7.28. The van der Waals surface area contributed by atoms with Crippen LogP contribution in [0.2, 0.25) is 0 Å². The number of allylic oxidation sites excluding steroid dienone is 7. The third-order valence-corrected chi connectivity index (χ3v) is 7.56. The van der Waals surface area contributed by atoms with Gasteiger partial charge in [-0.25, -0.2) is 4.39 Å². The van der Waals surface area contributed by atoms with Gasteiger partial charge in [-0.1, -0.05) is 87.8 Å². The highest BCUT2D eigenvalue weighted by Gasteiger charge is 2.53. The molecule has 0 aromatic heterocycles. The highest BCUT2D eigenvalue weighted by atomic mass is 19.1. The second-order valence-corrected chi connectivity index (χ2v) is 9.56. The minimum atomic E-state index is -0.250. The largest absolute Gasteiger partial charge is 0.483 e. The number of fused-ring (bicyclic) bond motifs is 2. The molecule has 4 rings (SSSR count). The topological polar surface area (TPSA) is 63.6 Å². The second kappa shape index (κ2) is 14.6. The Morgan fingerprint density at radius 2 is 1.89 bits per heavy atom. The average Bonchev–Trinajstić information content (AvgIpc) is 3.16. The zero-order valence-corrected chi connectivity index (χ0v) is 22.0. The maximum atomic E-state index is 13.6. The van der Waals surface area contributed by atoms with Gasteiger partial charge >= 0.3 is 5.97 Å². The molecule has 2 aliphatic carbocycles. The van der Waals surface area contributed by atoms with E-state index in [0.29, 0.717) is 23.7 Å². The molecule has 0 radical (unpaired) electrons. The summed E-state index contributed by atoms with van der Waals surface area (Å²) < 4.78 is 19.2. The Morgan fingerprint density at radius 3 is 2.56 bits per heavy atom. The van der Waals surface area contributed by atoms with Gasteiger partial charge in [0.15, 0.2) is 0 Å². The Hall–Kier alpha value is -2.95. The van der Waals surface area contributed by atoms with Crippen molar-refractivity contribution in [2.75, 3.05) is 0 Å². The summed E-state index contributed by atoms with van der Waals surface area (Å²) in [6.07, 6.45) is 16.4. The molecule has 1 saturated heterocycles. The van der Waals surface area contributed by atoms with Crippen molar-refractivity contribution in [1.29, 1.82) is 0 Å². The fourth-order valence-corrected chi connectivity index (χ4v) is 6.08. The van der Waals surface area contributed by atoms with Crippen LogP contribution in [0.1, 0.15) is 65.4 Å². The highest BCUT2D eigenvalue weighted by Crippen LogP contribution is 2.53. The first-order valence-corrected chi connectivity index (χ1v) is 13.1. The van der Waals surface area contributed by atoms with Crippen LogP contribution < -0.4 is 0 Å². The molecule has 1 aliphatic heterocycles. The van der Waals surface area contributed by atoms with E-state index < -0.39 is 0 Å². The van der Waals surface area contributed by atoms with Crippen molar-refractivity contribution in [1.82, 2.24) is 0 Å². The number of cyclic esters (lactones) is 1. The predicted molar refractivity (Wildman–Crippen MR) is 144 cm³/mol. The van der Waals surface area contributed by atoms with Gasteiger partial charge in [-0.15, -0.1) is 0 Å². The minimum absolute atomic E-state index is 0.000413. The summed E-state index contributed by atoms with van der Waals surface area (Å²) in [6, 6.07) is 6.57. The number of carbonyl (C=O) groups is 2. The van der Waals surface area contributed by atoms with E-state index in [2.05, 4.69) is 38.7 Å².